The van der Waals surface area contributed by atoms with Gasteiger partial charge in [-0.1, -0.05) is 25.1 Å². The molecule has 0 saturated carbocycles. The van der Waals surface area contributed by atoms with Gasteiger partial charge in [-0.15, -0.1) is 0 Å². The molecule has 2 N–H and O–H groups in total. The summed E-state index contributed by atoms with van der Waals surface area (Å²) in [4.78, 5) is 34.4. The first-order valence-corrected chi connectivity index (χ1v) is 6.09. The van der Waals surface area contributed by atoms with Crippen molar-refractivity contribution >= 4 is 29.5 Å². The van der Waals surface area contributed by atoms with E-state index in [2.05, 4.69) is 20.9 Å². The van der Waals surface area contributed by atoms with Crippen LogP contribution in [-0.4, -0.2) is 40.1 Å². The third kappa shape index (κ3) is 16.0. The molecule has 2 atom stereocenters. The van der Waals surface area contributed by atoms with E-state index in [1.165, 1.54) is 6.92 Å². The maximum atomic E-state index is 10.7. The molecule has 0 spiro atoms. The Balaban J connectivity index is 0. The Morgan fingerprint density at radius 3 is 2.05 bits per heavy atom. The van der Waals surface area contributed by atoms with Gasteiger partial charge in [0, 0.05) is 18.2 Å². The molecule has 0 aliphatic carbocycles. The summed E-state index contributed by atoms with van der Waals surface area (Å²) in [5, 5.41) is 16.2. The van der Waals surface area contributed by atoms with Crippen LogP contribution in [0, 0.1) is 0 Å². The fourth-order valence-corrected chi connectivity index (χ4v) is 0.719. The molecule has 2 unspecified atom stereocenters. The highest BCUT2D eigenvalue weighted by atomic mass is 35.5. The van der Waals surface area contributed by atoms with Gasteiger partial charge in [0.25, 0.3) is 0 Å². The van der Waals surface area contributed by atoms with E-state index >= 15 is 0 Å². The molecule has 0 rings (SSSR count). The first-order valence-electron chi connectivity index (χ1n) is 5.66. The summed E-state index contributed by atoms with van der Waals surface area (Å²) < 4.78 is 8.74. The number of carbonyl (C=O) groups excluding carboxylic acids is 3. The predicted octanol–water partition coefficient (Wildman–Crippen LogP) is 1.13. The molecule has 0 saturated heterocycles. The minimum atomic E-state index is -1.06. The van der Waals surface area contributed by atoms with Crippen LogP contribution in [0.25, 0.3) is 0 Å². The molecular formula is C12H17ClO8. The van der Waals surface area contributed by atoms with Crippen molar-refractivity contribution in [2.75, 3.05) is 0 Å². The summed E-state index contributed by atoms with van der Waals surface area (Å²) in [5.41, 5.74) is -0.720. The number of alkyl halides is 1. The number of halogens is 1. The summed E-state index contributed by atoms with van der Waals surface area (Å²) in [5.74, 6) is -2.44. The molecule has 21 heavy (non-hydrogen) atoms. The molecule has 120 valence electrons. The van der Waals surface area contributed by atoms with Crippen LogP contribution < -0.4 is 0 Å². The van der Waals surface area contributed by atoms with Crippen LogP contribution >= 0.6 is 11.6 Å². The van der Waals surface area contributed by atoms with Gasteiger partial charge in [-0.2, -0.15) is 5.26 Å². The number of hydrogen-bond donors (Lipinski definition) is 2. The van der Waals surface area contributed by atoms with E-state index in [0.29, 0.717) is 6.42 Å². The molecule has 0 aromatic carbocycles. The molecule has 0 radical (unpaired) electrons. The van der Waals surface area contributed by atoms with Crippen LogP contribution in [0.1, 0.15) is 20.3 Å². The van der Waals surface area contributed by atoms with Gasteiger partial charge in [-0.05, 0) is 13.3 Å². The first-order chi connectivity index (χ1) is 9.76. The third-order valence-electron chi connectivity index (χ3n) is 1.46. The van der Waals surface area contributed by atoms with Crippen molar-refractivity contribution < 1.29 is 39.1 Å². The van der Waals surface area contributed by atoms with Gasteiger partial charge in [-0.25, -0.2) is 14.4 Å². The summed E-state index contributed by atoms with van der Waals surface area (Å²) in [6, 6.07) is 0. The zero-order valence-corrected chi connectivity index (χ0v) is 12.3. The smallest absolute Gasteiger partial charge is 0.365 e. The lowest BCUT2D eigenvalue weighted by Gasteiger charge is -2.04. The van der Waals surface area contributed by atoms with Gasteiger partial charge in [0.15, 0.2) is 11.9 Å². The van der Waals surface area contributed by atoms with E-state index in [-0.39, 0.29) is 0 Å². The monoisotopic (exact) mass is 324 g/mol. The number of aliphatic hydroxyl groups excluding tert-OH is 1. The summed E-state index contributed by atoms with van der Waals surface area (Å²) in [6.45, 7) is 6.21. The third-order valence-corrected chi connectivity index (χ3v) is 1.86. The Kier molecular flexibility index (Phi) is 13.3. The Morgan fingerprint density at radius 2 is 1.71 bits per heavy atom. The standard InChI is InChI=1S/C7H9ClO5.C5H8O3/c1-2-5(8)12-6(9)3-4-7(10)13-11;1-3-5(7)8-4(2)6/h3-5,11H,2H2,1H3;3-4,6H,1H2,2H3/b4-3-;. The minimum Gasteiger partial charge on any atom is -0.443 e. The lowest BCUT2D eigenvalue weighted by molar-refractivity contribution is -0.228. The molecule has 0 aliphatic heterocycles. The SMILES string of the molecule is C=CC(=O)OC(C)O.CCC(Cl)OC(=O)/C=C\C(=O)OO. The second kappa shape index (κ2) is 13.1. The van der Waals surface area contributed by atoms with E-state index in [1.54, 1.807) is 6.92 Å². The van der Waals surface area contributed by atoms with E-state index in [4.69, 9.17) is 22.0 Å². The minimum absolute atomic E-state index is 0.464. The molecular weight excluding hydrogens is 308 g/mol. The van der Waals surface area contributed by atoms with Crippen molar-refractivity contribution in [1.82, 2.24) is 0 Å². The fourth-order valence-electron chi connectivity index (χ4n) is 0.631. The van der Waals surface area contributed by atoms with Crippen LogP contribution in [-0.2, 0) is 28.7 Å². The van der Waals surface area contributed by atoms with Crippen molar-refractivity contribution in [2.45, 2.75) is 32.1 Å². The van der Waals surface area contributed by atoms with Gasteiger partial charge < -0.3 is 14.6 Å². The second-order valence-electron chi connectivity index (χ2n) is 3.24. The molecule has 0 bridgehead atoms. The number of hydrogen-bond acceptors (Lipinski definition) is 8. The number of aliphatic hydroxyl groups is 1. The molecule has 0 heterocycles. The molecule has 0 aromatic heterocycles. The molecule has 0 aromatic rings. The Labute approximate surface area is 126 Å². The van der Waals surface area contributed by atoms with Crippen LogP contribution in [0.3, 0.4) is 0 Å². The molecule has 0 fully saturated rings. The number of rotatable bonds is 6. The van der Waals surface area contributed by atoms with Crippen LogP contribution in [0.4, 0.5) is 0 Å². The normalized spacial score (nSPS) is 12.4. The summed E-state index contributed by atoms with van der Waals surface area (Å²) in [7, 11) is 0. The Morgan fingerprint density at radius 1 is 1.19 bits per heavy atom. The fraction of sp³-hybridized carbons (Fsp3) is 0.417. The van der Waals surface area contributed by atoms with Gasteiger partial charge in [0.05, 0.1) is 0 Å². The predicted molar refractivity (Wildman–Crippen MR) is 71.9 cm³/mol. The molecule has 0 aliphatic rings. The highest BCUT2D eigenvalue weighted by molar-refractivity contribution is 6.20. The lowest BCUT2D eigenvalue weighted by Crippen LogP contribution is -2.10. The van der Waals surface area contributed by atoms with Crippen LogP contribution in [0.5, 0.6) is 0 Å². The van der Waals surface area contributed by atoms with E-state index < -0.39 is 29.8 Å². The van der Waals surface area contributed by atoms with Crippen molar-refractivity contribution in [3.63, 3.8) is 0 Å². The quantitative estimate of drug-likeness (QED) is 0.142. The summed E-state index contributed by atoms with van der Waals surface area (Å²) in [6.07, 6.45) is 1.95. The van der Waals surface area contributed by atoms with Crippen molar-refractivity contribution in [3.8, 4) is 0 Å². The number of ether oxygens (including phenoxy) is 2. The second-order valence-corrected chi connectivity index (χ2v) is 3.73. The average molecular weight is 325 g/mol. The van der Waals surface area contributed by atoms with Gasteiger partial charge >= 0.3 is 17.9 Å². The van der Waals surface area contributed by atoms with E-state index in [1.807, 2.05) is 0 Å². The highest BCUT2D eigenvalue weighted by Gasteiger charge is 2.06. The van der Waals surface area contributed by atoms with Gasteiger partial charge in [0.2, 0.25) is 0 Å². The topological polar surface area (TPSA) is 119 Å². The van der Waals surface area contributed by atoms with Crippen molar-refractivity contribution in [2.24, 2.45) is 0 Å². The van der Waals surface area contributed by atoms with Crippen LogP contribution in [0.2, 0.25) is 0 Å². The largest absolute Gasteiger partial charge is 0.443 e. The Bertz CT molecular complexity index is 377. The average Bonchev–Trinajstić information content (AvgIpc) is 2.44. The molecule has 0 amide bonds. The molecule has 9 heteroatoms. The number of carbonyl (C=O) groups is 3. The zero-order valence-electron chi connectivity index (χ0n) is 11.5. The molecule has 8 nitrogen and oxygen atoms in total. The summed E-state index contributed by atoms with van der Waals surface area (Å²) >= 11 is 5.47. The van der Waals surface area contributed by atoms with Crippen molar-refractivity contribution in [1.29, 1.82) is 0 Å². The van der Waals surface area contributed by atoms with E-state index in [9.17, 15) is 14.4 Å². The zero-order chi connectivity index (χ0) is 16.8. The van der Waals surface area contributed by atoms with Crippen LogP contribution in [0.15, 0.2) is 24.8 Å². The maximum absolute atomic E-state index is 10.7. The highest BCUT2D eigenvalue weighted by Crippen LogP contribution is 2.03. The van der Waals surface area contributed by atoms with Gasteiger partial charge in [-0.3, -0.25) is 4.89 Å². The Hall–Kier alpha value is -1.90. The maximum Gasteiger partial charge on any atom is 0.365 e. The van der Waals surface area contributed by atoms with Gasteiger partial charge in [0.1, 0.15) is 0 Å². The first kappa shape index (κ1) is 21.4. The number of esters is 2. The lowest BCUT2D eigenvalue weighted by atomic mass is 10.5. The van der Waals surface area contributed by atoms with Crippen molar-refractivity contribution in [3.05, 3.63) is 24.8 Å². The van der Waals surface area contributed by atoms with E-state index in [0.717, 1.165) is 18.2 Å².